The normalized spacial score (nSPS) is 17.1. The first-order chi connectivity index (χ1) is 19.6. The minimum Gasteiger partial charge on any atom is -0.490 e. The van der Waals surface area contributed by atoms with E-state index < -0.39 is 23.8 Å². The highest BCUT2D eigenvalue weighted by Crippen LogP contribution is 2.44. The number of anilines is 2. The predicted octanol–water partition coefficient (Wildman–Crippen LogP) is 7.76. The zero-order valence-electron chi connectivity index (χ0n) is 23.2. The zero-order chi connectivity index (χ0) is 29.1. The van der Waals surface area contributed by atoms with Crippen LogP contribution in [0.4, 0.5) is 23.9 Å². The van der Waals surface area contributed by atoms with Crippen molar-refractivity contribution in [3.05, 3.63) is 82.4 Å². The largest absolute Gasteiger partial charge is 0.490 e. The van der Waals surface area contributed by atoms with Gasteiger partial charge in [-0.15, -0.1) is 11.3 Å². The number of aryl methyl sites for hydroxylation is 1. The fourth-order valence-corrected chi connectivity index (χ4v) is 6.21. The van der Waals surface area contributed by atoms with Gasteiger partial charge in [0.2, 0.25) is 0 Å². The number of halogens is 3. The third-order valence-electron chi connectivity index (χ3n) is 7.42. The number of esters is 1. The summed E-state index contributed by atoms with van der Waals surface area (Å²) in [6, 6.07) is 13.1. The minimum absolute atomic E-state index is 0.0146. The lowest BCUT2D eigenvalue weighted by atomic mass is 10.0. The summed E-state index contributed by atoms with van der Waals surface area (Å²) in [5.41, 5.74) is 1.25. The molecule has 3 aromatic rings. The van der Waals surface area contributed by atoms with E-state index in [1.165, 1.54) is 43.6 Å². The van der Waals surface area contributed by atoms with E-state index in [0.29, 0.717) is 5.00 Å². The highest BCUT2D eigenvalue weighted by Gasteiger charge is 2.35. The first kappa shape index (κ1) is 29.0. The summed E-state index contributed by atoms with van der Waals surface area (Å²) in [7, 11) is 3.38. The molecule has 1 atom stereocenters. The highest BCUT2D eigenvalue weighted by molar-refractivity contribution is 7.18. The Morgan fingerprint density at radius 2 is 1.85 bits per heavy atom. The summed E-state index contributed by atoms with van der Waals surface area (Å²) in [6.45, 7) is 3.52. The molecule has 1 saturated heterocycles. The number of rotatable bonds is 7. The van der Waals surface area contributed by atoms with E-state index in [4.69, 9.17) is 14.2 Å². The van der Waals surface area contributed by atoms with Crippen LogP contribution >= 0.6 is 11.3 Å². The number of thiophene rings is 1. The molecule has 10 heteroatoms. The molecule has 5 rings (SSSR count). The summed E-state index contributed by atoms with van der Waals surface area (Å²) in [4.78, 5) is 17.2. The maximum atomic E-state index is 13.7. The molecule has 0 N–H and O–H groups in total. The number of benzene rings is 2. The number of hydrogen-bond donors (Lipinski definition) is 0. The van der Waals surface area contributed by atoms with Crippen LogP contribution in [0.15, 0.2) is 60.8 Å². The van der Waals surface area contributed by atoms with Gasteiger partial charge in [0.15, 0.2) is 4.88 Å². The lowest BCUT2D eigenvalue weighted by molar-refractivity contribution is -0.139. The van der Waals surface area contributed by atoms with Gasteiger partial charge in [-0.1, -0.05) is 30.3 Å². The van der Waals surface area contributed by atoms with E-state index >= 15 is 0 Å². The second kappa shape index (κ2) is 12.2. The smallest absolute Gasteiger partial charge is 0.416 e. The van der Waals surface area contributed by atoms with Crippen molar-refractivity contribution in [1.29, 1.82) is 0 Å². The molecular formula is C31H33F3N2O4S. The van der Waals surface area contributed by atoms with Crippen molar-refractivity contribution in [3.63, 3.8) is 0 Å². The standard InChI is InChI=1S/C31H33F3N2O4S/c1-20(24-9-4-5-10-25(24)31(32,33)34)39-27-19-28(41-29(27)30(37)38-3)36-15-7-6-8-21-11-12-23(18-26(21)36)40-22-13-16-35(2)17-14-22/h4-5,7,9-12,15,18-20,22H,6,8,13-14,16-17H2,1-3H3/t20-/m1/s1. The average molecular weight is 587 g/mol. The lowest BCUT2D eigenvalue weighted by Crippen LogP contribution is -2.35. The van der Waals surface area contributed by atoms with Crippen LogP contribution in [-0.4, -0.2) is 44.2 Å². The number of allylic oxidation sites excluding steroid dienone is 1. The Balaban J connectivity index is 1.47. The Morgan fingerprint density at radius 1 is 1.10 bits per heavy atom. The number of carbonyl (C=O) groups is 1. The number of carbonyl (C=O) groups excluding carboxylic acids is 1. The van der Waals surface area contributed by atoms with Crippen molar-refractivity contribution in [2.24, 2.45) is 0 Å². The van der Waals surface area contributed by atoms with E-state index in [1.807, 2.05) is 23.2 Å². The molecule has 218 valence electrons. The van der Waals surface area contributed by atoms with Crippen molar-refractivity contribution in [1.82, 2.24) is 4.90 Å². The number of fused-ring (bicyclic) bond motifs is 1. The molecule has 0 amide bonds. The van der Waals surface area contributed by atoms with Gasteiger partial charge in [-0.2, -0.15) is 13.2 Å². The molecule has 3 heterocycles. The fourth-order valence-electron chi connectivity index (χ4n) is 5.21. The summed E-state index contributed by atoms with van der Waals surface area (Å²) in [5, 5.41) is 0.674. The Labute approximate surface area is 241 Å². The Hall–Kier alpha value is -3.50. The van der Waals surface area contributed by atoms with Gasteiger partial charge in [0.1, 0.15) is 28.7 Å². The molecular weight excluding hydrogens is 553 g/mol. The molecule has 6 nitrogen and oxygen atoms in total. The molecule has 0 unspecified atom stereocenters. The average Bonchev–Trinajstić information content (AvgIpc) is 3.25. The van der Waals surface area contributed by atoms with Crippen LogP contribution in [0.2, 0.25) is 0 Å². The fraction of sp³-hybridized carbons (Fsp3) is 0.387. The second-order valence-electron chi connectivity index (χ2n) is 10.3. The van der Waals surface area contributed by atoms with Crippen LogP contribution in [0.25, 0.3) is 0 Å². The van der Waals surface area contributed by atoms with Gasteiger partial charge < -0.3 is 24.0 Å². The SMILES string of the molecule is COC(=O)c1sc(N2C=CCCc3ccc(OC4CCN(C)CC4)cc32)cc1O[C@H](C)c1ccccc1C(F)(F)F. The number of ether oxygens (including phenoxy) is 3. The summed E-state index contributed by atoms with van der Waals surface area (Å²) >= 11 is 1.17. The molecule has 0 bridgehead atoms. The van der Waals surface area contributed by atoms with Crippen molar-refractivity contribution in [2.75, 3.05) is 32.1 Å². The molecule has 0 aliphatic carbocycles. The van der Waals surface area contributed by atoms with Crippen molar-refractivity contribution in [2.45, 2.75) is 51.0 Å². The monoisotopic (exact) mass is 586 g/mol. The van der Waals surface area contributed by atoms with E-state index in [9.17, 15) is 18.0 Å². The van der Waals surface area contributed by atoms with E-state index in [0.717, 1.165) is 61.8 Å². The van der Waals surface area contributed by atoms with Crippen LogP contribution in [0.3, 0.4) is 0 Å². The van der Waals surface area contributed by atoms with Gasteiger partial charge in [-0.25, -0.2) is 4.79 Å². The second-order valence-corrected chi connectivity index (χ2v) is 11.3. The number of nitrogens with zero attached hydrogens (tertiary/aromatic N) is 2. The topological polar surface area (TPSA) is 51.2 Å². The molecule has 2 aliphatic rings. The molecule has 0 saturated carbocycles. The minimum atomic E-state index is -4.53. The van der Waals surface area contributed by atoms with E-state index in [1.54, 1.807) is 6.07 Å². The Kier molecular flexibility index (Phi) is 8.60. The van der Waals surface area contributed by atoms with Gasteiger partial charge in [-0.05, 0) is 57.4 Å². The molecule has 1 aromatic heterocycles. The molecule has 0 radical (unpaired) electrons. The van der Waals surface area contributed by atoms with Gasteiger partial charge >= 0.3 is 12.1 Å². The summed E-state index contributed by atoms with van der Waals surface area (Å²) in [6.07, 6.45) is 2.23. The summed E-state index contributed by atoms with van der Waals surface area (Å²) < 4.78 is 58.4. The molecule has 0 spiro atoms. The molecule has 2 aromatic carbocycles. The van der Waals surface area contributed by atoms with Crippen molar-refractivity contribution >= 4 is 28.0 Å². The Morgan fingerprint density at radius 3 is 2.59 bits per heavy atom. The van der Waals surface area contributed by atoms with Crippen molar-refractivity contribution < 1.29 is 32.2 Å². The van der Waals surface area contributed by atoms with Crippen molar-refractivity contribution in [3.8, 4) is 11.5 Å². The summed E-state index contributed by atoms with van der Waals surface area (Å²) in [5.74, 6) is 0.322. The predicted molar refractivity (Wildman–Crippen MR) is 153 cm³/mol. The quantitative estimate of drug-likeness (QED) is 0.264. The number of piperidine rings is 1. The maximum Gasteiger partial charge on any atom is 0.416 e. The van der Waals surface area contributed by atoms with Gasteiger partial charge in [0.25, 0.3) is 0 Å². The number of alkyl halides is 3. The van der Waals surface area contributed by atoms with E-state index in [2.05, 4.69) is 24.1 Å². The molecule has 2 aliphatic heterocycles. The number of methoxy groups -OCH3 is 1. The third kappa shape index (κ3) is 6.54. The van der Waals surface area contributed by atoms with Crippen LogP contribution in [0.5, 0.6) is 11.5 Å². The number of likely N-dealkylation sites (tertiary alicyclic amines) is 1. The molecule has 41 heavy (non-hydrogen) atoms. The van der Waals surface area contributed by atoms with Crippen LogP contribution in [0, 0.1) is 0 Å². The van der Waals surface area contributed by atoms with Gasteiger partial charge in [-0.3, -0.25) is 0 Å². The lowest BCUT2D eigenvalue weighted by Gasteiger charge is -2.30. The Bertz CT molecular complexity index is 1410. The maximum absolute atomic E-state index is 13.7. The van der Waals surface area contributed by atoms with Gasteiger partial charge in [0, 0.05) is 37.0 Å². The first-order valence-corrected chi connectivity index (χ1v) is 14.4. The number of hydrogen-bond acceptors (Lipinski definition) is 7. The zero-order valence-corrected chi connectivity index (χ0v) is 24.1. The first-order valence-electron chi connectivity index (χ1n) is 13.6. The van der Waals surface area contributed by atoms with Crippen LogP contribution < -0.4 is 14.4 Å². The highest BCUT2D eigenvalue weighted by atomic mass is 32.1. The third-order valence-corrected chi connectivity index (χ3v) is 8.52. The van der Waals surface area contributed by atoms with E-state index in [-0.39, 0.29) is 22.3 Å². The molecule has 1 fully saturated rings. The van der Waals surface area contributed by atoms with Gasteiger partial charge in [0.05, 0.1) is 18.4 Å². The van der Waals surface area contributed by atoms with Crippen LogP contribution in [0.1, 0.15) is 58.7 Å². The van der Waals surface area contributed by atoms with Crippen LogP contribution in [-0.2, 0) is 17.3 Å².